The lowest BCUT2D eigenvalue weighted by Gasteiger charge is -2.11. The summed E-state index contributed by atoms with van der Waals surface area (Å²) in [5, 5.41) is 7.66. The largest absolute Gasteiger partial charge is 0.361 e. The minimum absolute atomic E-state index is 0. The quantitative estimate of drug-likeness (QED) is 0.252. The number of hydrogen-bond donors (Lipinski definition) is 3. The highest BCUT2D eigenvalue weighted by Gasteiger charge is 2.05. The molecule has 8 heteroatoms. The van der Waals surface area contributed by atoms with E-state index in [-0.39, 0.29) is 29.8 Å². The molecule has 25 heavy (non-hydrogen) atoms. The van der Waals surface area contributed by atoms with E-state index in [9.17, 15) is 4.39 Å². The first kappa shape index (κ1) is 20.2. The fourth-order valence-corrected chi connectivity index (χ4v) is 3.94. The monoisotopic (exact) mass is 536 g/mol. The lowest BCUT2D eigenvalue weighted by molar-refractivity contribution is 0.629. The van der Waals surface area contributed by atoms with Crippen LogP contribution in [0.3, 0.4) is 0 Å². The van der Waals surface area contributed by atoms with E-state index in [1.165, 1.54) is 17.0 Å². The zero-order chi connectivity index (χ0) is 16.9. The van der Waals surface area contributed by atoms with Crippen LogP contribution in [-0.4, -0.2) is 24.5 Å². The van der Waals surface area contributed by atoms with E-state index < -0.39 is 0 Å². The zero-order valence-electron chi connectivity index (χ0n) is 13.6. The zero-order valence-corrected chi connectivity index (χ0v) is 18.3. The van der Waals surface area contributed by atoms with E-state index in [1.54, 1.807) is 18.4 Å². The summed E-state index contributed by atoms with van der Waals surface area (Å²) in [4.78, 5) is 8.59. The Balaban J connectivity index is 0.00000225. The Bertz CT molecular complexity index is 861. The van der Waals surface area contributed by atoms with E-state index in [0.717, 1.165) is 45.7 Å². The summed E-state index contributed by atoms with van der Waals surface area (Å²) >= 11 is 5.16. The molecule has 0 radical (unpaired) electrons. The molecule has 2 heterocycles. The van der Waals surface area contributed by atoms with Crippen LogP contribution in [-0.2, 0) is 13.0 Å². The van der Waals surface area contributed by atoms with Gasteiger partial charge >= 0.3 is 0 Å². The van der Waals surface area contributed by atoms with Crippen LogP contribution in [0.2, 0.25) is 0 Å². The van der Waals surface area contributed by atoms with Gasteiger partial charge < -0.3 is 15.6 Å². The normalized spacial score (nSPS) is 11.4. The number of nitrogens with one attached hydrogen (secondary N) is 3. The molecule has 0 bridgehead atoms. The smallest absolute Gasteiger partial charge is 0.191 e. The van der Waals surface area contributed by atoms with Crippen molar-refractivity contribution >= 4 is 68.1 Å². The first-order valence-electron chi connectivity index (χ1n) is 7.60. The Kier molecular flexibility index (Phi) is 7.70. The van der Waals surface area contributed by atoms with Crippen molar-refractivity contribution in [1.29, 1.82) is 0 Å². The predicted octanol–water partition coefficient (Wildman–Crippen LogP) is 4.66. The molecule has 0 saturated heterocycles. The summed E-state index contributed by atoms with van der Waals surface area (Å²) in [7, 11) is 1.76. The molecule has 3 rings (SSSR count). The van der Waals surface area contributed by atoms with E-state index in [1.807, 2.05) is 18.3 Å². The number of hydrogen-bond acceptors (Lipinski definition) is 2. The molecule has 0 saturated carbocycles. The van der Waals surface area contributed by atoms with Crippen LogP contribution in [0, 0.1) is 5.82 Å². The van der Waals surface area contributed by atoms with Gasteiger partial charge in [-0.25, -0.2) is 4.39 Å². The molecule has 3 aromatic rings. The summed E-state index contributed by atoms with van der Waals surface area (Å²) in [6.07, 6.45) is 2.77. The first-order chi connectivity index (χ1) is 11.7. The number of nitrogens with zero attached hydrogens (tertiary/aromatic N) is 1. The molecule has 4 nitrogen and oxygen atoms in total. The number of fused-ring (bicyclic) bond motifs is 1. The average Bonchev–Trinajstić information content (AvgIpc) is 3.16. The average molecular weight is 537 g/mol. The SMILES string of the molecule is CN=C(NCCc1c[nH]c2cc(F)ccc12)NCc1ccc(Br)s1.I. The molecule has 0 aliphatic carbocycles. The molecule has 0 fully saturated rings. The van der Waals surface area contributed by atoms with Crippen LogP contribution >= 0.6 is 51.2 Å². The highest BCUT2D eigenvalue weighted by molar-refractivity contribution is 14.0. The highest BCUT2D eigenvalue weighted by Crippen LogP contribution is 2.21. The fourth-order valence-electron chi connectivity index (χ4n) is 2.52. The maximum atomic E-state index is 13.2. The Labute approximate surface area is 175 Å². The molecule has 2 aromatic heterocycles. The first-order valence-corrected chi connectivity index (χ1v) is 9.21. The van der Waals surface area contributed by atoms with Gasteiger partial charge in [-0.2, -0.15) is 0 Å². The molecule has 0 unspecified atom stereocenters. The molecule has 0 aliphatic rings. The van der Waals surface area contributed by atoms with Crippen molar-refractivity contribution in [3.8, 4) is 0 Å². The summed E-state index contributed by atoms with van der Waals surface area (Å²) in [6, 6.07) is 8.95. The molecular formula is C17H19BrFIN4S. The van der Waals surface area contributed by atoms with Gasteiger partial charge in [-0.15, -0.1) is 35.3 Å². The van der Waals surface area contributed by atoms with Gasteiger partial charge in [-0.05, 0) is 58.2 Å². The van der Waals surface area contributed by atoms with E-state index in [0.29, 0.717) is 0 Å². The Morgan fingerprint density at radius 2 is 2.12 bits per heavy atom. The number of thiophene rings is 1. The number of benzene rings is 1. The minimum atomic E-state index is -0.223. The van der Waals surface area contributed by atoms with Gasteiger partial charge in [0.2, 0.25) is 0 Å². The lowest BCUT2D eigenvalue weighted by atomic mass is 10.1. The molecular weight excluding hydrogens is 518 g/mol. The van der Waals surface area contributed by atoms with Gasteiger partial charge in [-0.3, -0.25) is 4.99 Å². The molecule has 3 N–H and O–H groups in total. The van der Waals surface area contributed by atoms with E-state index in [4.69, 9.17) is 0 Å². The molecule has 1 aromatic carbocycles. The standard InChI is InChI=1S/C17H18BrFN4S.HI/c1-20-17(23-10-13-3-5-16(18)24-13)21-7-6-11-9-22-15-8-12(19)2-4-14(11)15;/h2-5,8-9,22H,6-7,10H2,1H3,(H2,20,21,23);1H. The van der Waals surface area contributed by atoms with Crippen LogP contribution in [0.5, 0.6) is 0 Å². The molecule has 0 spiro atoms. The summed E-state index contributed by atoms with van der Waals surface area (Å²) < 4.78 is 14.3. The summed E-state index contributed by atoms with van der Waals surface area (Å²) in [5.74, 6) is 0.546. The van der Waals surface area contributed by atoms with Crippen molar-refractivity contribution in [2.45, 2.75) is 13.0 Å². The van der Waals surface area contributed by atoms with Gasteiger partial charge in [0.1, 0.15) is 5.82 Å². The third-order valence-electron chi connectivity index (χ3n) is 3.70. The summed E-state index contributed by atoms with van der Waals surface area (Å²) in [5.41, 5.74) is 1.99. The molecule has 0 atom stereocenters. The Morgan fingerprint density at radius 1 is 1.28 bits per heavy atom. The summed E-state index contributed by atoms with van der Waals surface area (Å²) in [6.45, 7) is 1.49. The van der Waals surface area contributed by atoms with Crippen molar-refractivity contribution in [1.82, 2.24) is 15.6 Å². The second kappa shape index (κ2) is 9.54. The third kappa shape index (κ3) is 5.42. The van der Waals surface area contributed by atoms with E-state index >= 15 is 0 Å². The van der Waals surface area contributed by atoms with Gasteiger partial charge in [0.05, 0.1) is 10.3 Å². The van der Waals surface area contributed by atoms with Crippen molar-refractivity contribution in [3.05, 3.63) is 56.6 Å². The van der Waals surface area contributed by atoms with Gasteiger partial charge in [0, 0.05) is 35.6 Å². The van der Waals surface area contributed by atoms with Crippen LogP contribution in [0.15, 0.2) is 45.3 Å². The van der Waals surface area contributed by atoms with Crippen LogP contribution in [0.1, 0.15) is 10.4 Å². The van der Waals surface area contributed by atoms with Crippen molar-refractivity contribution in [3.63, 3.8) is 0 Å². The second-order valence-corrected chi connectivity index (χ2v) is 7.86. The number of aromatic amines is 1. The maximum absolute atomic E-state index is 13.2. The maximum Gasteiger partial charge on any atom is 0.191 e. The highest BCUT2D eigenvalue weighted by atomic mass is 127. The number of aromatic nitrogens is 1. The van der Waals surface area contributed by atoms with Crippen LogP contribution in [0.4, 0.5) is 4.39 Å². The van der Waals surface area contributed by atoms with Crippen molar-refractivity contribution < 1.29 is 4.39 Å². The Morgan fingerprint density at radius 3 is 2.84 bits per heavy atom. The molecule has 0 amide bonds. The fraction of sp³-hybridized carbons (Fsp3) is 0.235. The molecule has 134 valence electrons. The number of aliphatic imine (C=N–C) groups is 1. The number of halogens is 3. The topological polar surface area (TPSA) is 52.2 Å². The van der Waals surface area contributed by atoms with Crippen molar-refractivity contribution in [2.75, 3.05) is 13.6 Å². The second-order valence-electron chi connectivity index (χ2n) is 5.31. The van der Waals surface area contributed by atoms with Gasteiger partial charge in [0.25, 0.3) is 0 Å². The number of guanidine groups is 1. The predicted molar refractivity (Wildman–Crippen MR) is 118 cm³/mol. The lowest BCUT2D eigenvalue weighted by Crippen LogP contribution is -2.37. The van der Waals surface area contributed by atoms with Crippen molar-refractivity contribution in [2.24, 2.45) is 4.99 Å². The van der Waals surface area contributed by atoms with Gasteiger partial charge in [-0.1, -0.05) is 0 Å². The third-order valence-corrected chi connectivity index (χ3v) is 5.32. The number of rotatable bonds is 5. The Hall–Kier alpha value is -1.13. The van der Waals surface area contributed by atoms with Crippen LogP contribution in [0.25, 0.3) is 10.9 Å². The molecule has 0 aliphatic heterocycles. The van der Waals surface area contributed by atoms with E-state index in [2.05, 4.69) is 42.6 Å². The number of H-pyrrole nitrogens is 1. The minimum Gasteiger partial charge on any atom is -0.361 e. The van der Waals surface area contributed by atoms with Gasteiger partial charge in [0.15, 0.2) is 5.96 Å². The van der Waals surface area contributed by atoms with Crippen LogP contribution < -0.4 is 10.6 Å².